The van der Waals surface area contributed by atoms with Crippen LogP contribution in [0.5, 0.6) is 5.75 Å². The molecule has 0 spiro atoms. The van der Waals surface area contributed by atoms with Gasteiger partial charge in [-0.05, 0) is 43.0 Å². The van der Waals surface area contributed by atoms with Crippen LogP contribution in [-0.2, 0) is 11.2 Å². The Balaban J connectivity index is 1.87. The van der Waals surface area contributed by atoms with Crippen molar-refractivity contribution in [2.75, 3.05) is 6.61 Å². The van der Waals surface area contributed by atoms with E-state index in [1.54, 1.807) is 25.1 Å². The van der Waals surface area contributed by atoms with Gasteiger partial charge in [0.1, 0.15) is 5.75 Å². The Morgan fingerprint density at radius 3 is 2.59 bits per heavy atom. The number of carboxylic acid groups (broad SMARTS) is 1. The second-order valence-corrected chi connectivity index (χ2v) is 5.59. The van der Waals surface area contributed by atoms with Crippen molar-refractivity contribution in [3.8, 4) is 5.75 Å². The predicted octanol–water partition coefficient (Wildman–Crippen LogP) is 4.54. The smallest absolute Gasteiger partial charge is 0.310 e. The Morgan fingerprint density at radius 1 is 1.23 bits per heavy atom. The molecule has 116 valence electrons. The Labute approximate surface area is 135 Å². The van der Waals surface area contributed by atoms with E-state index in [0.717, 1.165) is 12.8 Å². The van der Waals surface area contributed by atoms with Crippen LogP contribution in [0.2, 0.25) is 5.02 Å². The maximum Gasteiger partial charge on any atom is 0.310 e. The van der Waals surface area contributed by atoms with Crippen LogP contribution in [0.3, 0.4) is 0 Å². The van der Waals surface area contributed by atoms with Crippen molar-refractivity contribution in [1.29, 1.82) is 0 Å². The number of carbonyl (C=O) groups is 1. The molecular formula is C18H19ClO3. The van der Waals surface area contributed by atoms with Gasteiger partial charge in [0.2, 0.25) is 0 Å². The van der Waals surface area contributed by atoms with E-state index in [4.69, 9.17) is 21.4 Å². The van der Waals surface area contributed by atoms with Gasteiger partial charge in [0.25, 0.3) is 0 Å². The first-order valence-corrected chi connectivity index (χ1v) is 7.64. The van der Waals surface area contributed by atoms with Gasteiger partial charge in [0.05, 0.1) is 17.5 Å². The van der Waals surface area contributed by atoms with Crippen LogP contribution >= 0.6 is 11.6 Å². The average Bonchev–Trinajstić information content (AvgIpc) is 2.53. The van der Waals surface area contributed by atoms with Crippen LogP contribution in [-0.4, -0.2) is 17.7 Å². The minimum atomic E-state index is -0.868. The highest BCUT2D eigenvalue weighted by Gasteiger charge is 2.15. The number of hydrogen-bond donors (Lipinski definition) is 1. The van der Waals surface area contributed by atoms with Crippen molar-refractivity contribution in [2.24, 2.45) is 0 Å². The molecule has 1 atom stereocenters. The Bertz CT molecular complexity index is 625. The van der Waals surface area contributed by atoms with Crippen LogP contribution in [0.1, 0.15) is 30.4 Å². The molecule has 2 rings (SSSR count). The second kappa shape index (κ2) is 7.85. The average molecular weight is 319 g/mol. The molecule has 0 aromatic heterocycles. The highest BCUT2D eigenvalue weighted by Crippen LogP contribution is 2.28. The van der Waals surface area contributed by atoms with E-state index in [1.807, 2.05) is 18.2 Å². The highest BCUT2D eigenvalue weighted by molar-refractivity contribution is 6.32. The number of hydrogen-bond acceptors (Lipinski definition) is 2. The number of halogens is 1. The number of aliphatic carboxylic acids is 1. The summed E-state index contributed by atoms with van der Waals surface area (Å²) in [6.45, 7) is 2.21. The van der Waals surface area contributed by atoms with Gasteiger partial charge >= 0.3 is 5.97 Å². The van der Waals surface area contributed by atoms with Gasteiger partial charge < -0.3 is 9.84 Å². The molecule has 2 aromatic carbocycles. The molecule has 1 unspecified atom stereocenters. The summed E-state index contributed by atoms with van der Waals surface area (Å²) in [4.78, 5) is 11.0. The minimum absolute atomic E-state index is 0.449. The van der Waals surface area contributed by atoms with Crippen LogP contribution in [0.15, 0.2) is 48.5 Å². The zero-order valence-electron chi connectivity index (χ0n) is 12.5. The summed E-state index contributed by atoms with van der Waals surface area (Å²) in [5, 5.41) is 9.45. The number of carboxylic acids is 1. The van der Waals surface area contributed by atoms with Crippen molar-refractivity contribution in [3.05, 3.63) is 64.7 Å². The number of benzene rings is 2. The molecule has 22 heavy (non-hydrogen) atoms. The third-order valence-electron chi connectivity index (χ3n) is 3.54. The SMILES string of the molecule is CC(C(=O)O)c1ccc(OCCCc2ccccc2)c(Cl)c1. The minimum Gasteiger partial charge on any atom is -0.492 e. The highest BCUT2D eigenvalue weighted by atomic mass is 35.5. The molecule has 0 radical (unpaired) electrons. The van der Waals surface area contributed by atoms with Gasteiger partial charge in [-0.2, -0.15) is 0 Å². The summed E-state index contributed by atoms with van der Waals surface area (Å²) < 4.78 is 5.67. The van der Waals surface area contributed by atoms with Crippen LogP contribution in [0.25, 0.3) is 0 Å². The van der Waals surface area contributed by atoms with E-state index in [0.29, 0.717) is 22.9 Å². The van der Waals surface area contributed by atoms with E-state index in [2.05, 4.69) is 12.1 Å². The van der Waals surface area contributed by atoms with E-state index >= 15 is 0 Å². The first-order chi connectivity index (χ1) is 10.6. The molecule has 0 fully saturated rings. The largest absolute Gasteiger partial charge is 0.492 e. The molecular weight excluding hydrogens is 300 g/mol. The Morgan fingerprint density at radius 2 is 1.95 bits per heavy atom. The molecule has 1 N–H and O–H groups in total. The van der Waals surface area contributed by atoms with Crippen LogP contribution < -0.4 is 4.74 Å². The van der Waals surface area contributed by atoms with Crippen molar-refractivity contribution in [1.82, 2.24) is 0 Å². The van der Waals surface area contributed by atoms with Gasteiger partial charge in [-0.3, -0.25) is 4.79 Å². The molecule has 0 aliphatic heterocycles. The van der Waals surface area contributed by atoms with E-state index in [-0.39, 0.29) is 0 Å². The first kappa shape index (κ1) is 16.4. The van der Waals surface area contributed by atoms with Crippen molar-refractivity contribution in [3.63, 3.8) is 0 Å². The molecule has 0 aliphatic carbocycles. The zero-order valence-corrected chi connectivity index (χ0v) is 13.2. The normalized spacial score (nSPS) is 11.9. The van der Waals surface area contributed by atoms with E-state index < -0.39 is 11.9 Å². The van der Waals surface area contributed by atoms with Gasteiger partial charge in [-0.25, -0.2) is 0 Å². The molecule has 3 nitrogen and oxygen atoms in total. The molecule has 0 saturated carbocycles. The number of rotatable bonds is 7. The Kier molecular flexibility index (Phi) is 5.84. The molecule has 0 heterocycles. The molecule has 0 saturated heterocycles. The molecule has 0 bridgehead atoms. The summed E-state index contributed by atoms with van der Waals surface area (Å²) in [6.07, 6.45) is 1.85. The van der Waals surface area contributed by atoms with Gasteiger partial charge in [-0.1, -0.05) is 48.0 Å². The Hall–Kier alpha value is -2.00. The van der Waals surface area contributed by atoms with Gasteiger partial charge in [0.15, 0.2) is 0 Å². The van der Waals surface area contributed by atoms with Gasteiger partial charge in [0, 0.05) is 0 Å². The summed E-state index contributed by atoms with van der Waals surface area (Å²) in [5.74, 6) is -0.853. The summed E-state index contributed by atoms with van der Waals surface area (Å²) in [5.41, 5.74) is 1.96. The molecule has 2 aromatic rings. The third-order valence-corrected chi connectivity index (χ3v) is 3.83. The maximum absolute atomic E-state index is 11.0. The lowest BCUT2D eigenvalue weighted by atomic mass is 10.0. The van der Waals surface area contributed by atoms with Gasteiger partial charge in [-0.15, -0.1) is 0 Å². The van der Waals surface area contributed by atoms with Crippen LogP contribution in [0, 0.1) is 0 Å². The lowest BCUT2D eigenvalue weighted by Gasteiger charge is -2.11. The van der Waals surface area contributed by atoms with E-state index in [9.17, 15) is 4.79 Å². The van der Waals surface area contributed by atoms with Crippen LogP contribution in [0.4, 0.5) is 0 Å². The lowest BCUT2D eigenvalue weighted by Crippen LogP contribution is -2.07. The lowest BCUT2D eigenvalue weighted by molar-refractivity contribution is -0.138. The maximum atomic E-state index is 11.0. The second-order valence-electron chi connectivity index (χ2n) is 5.19. The first-order valence-electron chi connectivity index (χ1n) is 7.27. The fourth-order valence-corrected chi connectivity index (χ4v) is 2.39. The fraction of sp³-hybridized carbons (Fsp3) is 0.278. The number of aryl methyl sites for hydroxylation is 1. The summed E-state index contributed by atoms with van der Waals surface area (Å²) in [7, 11) is 0. The molecule has 0 aliphatic rings. The monoisotopic (exact) mass is 318 g/mol. The standard InChI is InChI=1S/C18H19ClO3/c1-13(18(20)21)15-9-10-17(16(19)12-15)22-11-5-8-14-6-3-2-4-7-14/h2-4,6-7,9-10,12-13H,5,8,11H2,1H3,(H,20,21). The summed E-state index contributed by atoms with van der Waals surface area (Å²) in [6, 6.07) is 15.4. The van der Waals surface area contributed by atoms with E-state index in [1.165, 1.54) is 5.56 Å². The van der Waals surface area contributed by atoms with Crippen molar-refractivity contribution < 1.29 is 14.6 Å². The van der Waals surface area contributed by atoms with Crippen molar-refractivity contribution >= 4 is 17.6 Å². The third kappa shape index (κ3) is 4.50. The quantitative estimate of drug-likeness (QED) is 0.762. The molecule has 4 heteroatoms. The topological polar surface area (TPSA) is 46.5 Å². The zero-order chi connectivity index (χ0) is 15.9. The summed E-state index contributed by atoms with van der Waals surface area (Å²) >= 11 is 6.16. The van der Waals surface area contributed by atoms with Crippen molar-refractivity contribution in [2.45, 2.75) is 25.7 Å². The fourth-order valence-electron chi connectivity index (χ4n) is 2.15. The molecule has 0 amide bonds. The number of ether oxygens (including phenoxy) is 1. The predicted molar refractivity (Wildman–Crippen MR) is 87.8 cm³/mol.